The Morgan fingerprint density at radius 2 is 1.77 bits per heavy atom. The van der Waals surface area contributed by atoms with Gasteiger partial charge < -0.3 is 9.72 Å². The molecule has 1 amide bonds. The van der Waals surface area contributed by atoms with Gasteiger partial charge in [-0.25, -0.2) is 4.79 Å². The minimum Gasteiger partial charge on any atom is -0.438 e. The van der Waals surface area contributed by atoms with E-state index < -0.39 is 0 Å². The molecule has 6 rings (SSSR count). The number of fused-ring (bicyclic) bond motifs is 3. The van der Waals surface area contributed by atoms with E-state index in [1.807, 2.05) is 4.90 Å². The minimum atomic E-state index is -0.363. The highest BCUT2D eigenvalue weighted by Crippen LogP contribution is 2.40. The summed E-state index contributed by atoms with van der Waals surface area (Å²) in [6, 6.07) is 19.1. The van der Waals surface area contributed by atoms with Gasteiger partial charge in [0.05, 0.1) is 6.04 Å². The first-order valence-electron chi connectivity index (χ1n) is 10.7. The number of carbonyl (C=O) groups excluding carboxylic acids is 1. The average Bonchev–Trinajstić information content (AvgIpc) is 3.28. The van der Waals surface area contributed by atoms with Crippen LogP contribution < -0.4 is 0 Å². The molecule has 1 N–H and O–H groups in total. The van der Waals surface area contributed by atoms with Crippen LogP contribution in [0.5, 0.6) is 0 Å². The zero-order valence-electron chi connectivity index (χ0n) is 17.0. The first kappa shape index (κ1) is 18.0. The van der Waals surface area contributed by atoms with E-state index in [9.17, 15) is 4.79 Å². The maximum absolute atomic E-state index is 12.5. The lowest BCUT2D eigenvalue weighted by Crippen LogP contribution is -2.70. The van der Waals surface area contributed by atoms with Crippen LogP contribution in [0.25, 0.3) is 10.9 Å². The van der Waals surface area contributed by atoms with Crippen LogP contribution in [0.2, 0.25) is 0 Å². The summed E-state index contributed by atoms with van der Waals surface area (Å²) in [6.45, 7) is 5.94. The monoisotopic (exact) mass is 402 g/mol. The first-order valence-corrected chi connectivity index (χ1v) is 10.7. The molecule has 0 radical (unpaired) electrons. The topological polar surface area (TPSA) is 51.8 Å². The van der Waals surface area contributed by atoms with E-state index in [1.54, 1.807) is 0 Å². The van der Waals surface area contributed by atoms with Crippen molar-refractivity contribution in [1.29, 1.82) is 0 Å². The third-order valence-corrected chi connectivity index (χ3v) is 6.90. The summed E-state index contributed by atoms with van der Waals surface area (Å²) >= 11 is 0. The number of ether oxygens (including phenoxy) is 1. The number of amides is 1. The predicted molar refractivity (Wildman–Crippen MR) is 115 cm³/mol. The highest BCUT2D eigenvalue weighted by Gasteiger charge is 2.61. The normalized spacial score (nSPS) is 23.5. The molecule has 0 saturated carbocycles. The van der Waals surface area contributed by atoms with Gasteiger partial charge in [-0.3, -0.25) is 14.7 Å². The van der Waals surface area contributed by atoms with Crippen molar-refractivity contribution in [3.8, 4) is 0 Å². The van der Waals surface area contributed by atoms with Crippen molar-refractivity contribution in [3.63, 3.8) is 0 Å². The molecule has 3 aliphatic rings. The van der Waals surface area contributed by atoms with Crippen LogP contribution in [-0.4, -0.2) is 70.1 Å². The molecule has 6 heteroatoms. The Kier molecular flexibility index (Phi) is 4.11. The van der Waals surface area contributed by atoms with Crippen molar-refractivity contribution in [2.75, 3.05) is 32.7 Å². The number of carbonyl (C=O) groups is 1. The third kappa shape index (κ3) is 2.90. The van der Waals surface area contributed by atoms with Gasteiger partial charge in [0, 0.05) is 62.9 Å². The molecular weight excluding hydrogens is 376 g/mol. The molecule has 0 aliphatic carbocycles. The van der Waals surface area contributed by atoms with Gasteiger partial charge in [-0.15, -0.1) is 0 Å². The summed E-state index contributed by atoms with van der Waals surface area (Å²) in [5, 5.41) is 1.27. The van der Waals surface area contributed by atoms with Crippen molar-refractivity contribution in [3.05, 3.63) is 71.9 Å². The number of aromatic amines is 1. The summed E-state index contributed by atoms with van der Waals surface area (Å²) in [5.74, 6) is 0. The Bertz CT molecular complexity index is 1070. The molecule has 3 saturated heterocycles. The number of benzene rings is 2. The molecule has 0 bridgehead atoms. The van der Waals surface area contributed by atoms with Crippen LogP contribution in [0.3, 0.4) is 0 Å². The van der Waals surface area contributed by atoms with Crippen LogP contribution >= 0.6 is 0 Å². The predicted octanol–water partition coefficient (Wildman–Crippen LogP) is 3.06. The van der Waals surface area contributed by atoms with Crippen molar-refractivity contribution >= 4 is 17.0 Å². The van der Waals surface area contributed by atoms with Gasteiger partial charge >= 0.3 is 6.09 Å². The van der Waals surface area contributed by atoms with Gasteiger partial charge in [-0.2, -0.15) is 0 Å². The summed E-state index contributed by atoms with van der Waals surface area (Å²) in [4.78, 5) is 22.7. The number of rotatable bonds is 4. The van der Waals surface area contributed by atoms with Crippen molar-refractivity contribution < 1.29 is 9.53 Å². The molecule has 2 aromatic carbocycles. The van der Waals surface area contributed by atoms with Gasteiger partial charge in [-0.1, -0.05) is 48.5 Å². The molecular formula is C24H26N4O2. The van der Waals surface area contributed by atoms with Crippen LogP contribution in [-0.2, 0) is 17.8 Å². The molecule has 4 heterocycles. The Hall–Kier alpha value is -2.83. The quantitative estimate of drug-likeness (QED) is 0.729. The maximum Gasteiger partial charge on any atom is 0.410 e. The average molecular weight is 402 g/mol. The van der Waals surface area contributed by atoms with E-state index in [-0.39, 0.29) is 17.7 Å². The molecule has 3 fully saturated rings. The molecule has 1 aromatic heterocycles. The summed E-state index contributed by atoms with van der Waals surface area (Å²) in [5.41, 5.74) is 3.43. The fraction of sp³-hybridized carbons (Fsp3) is 0.375. The highest BCUT2D eigenvalue weighted by molar-refractivity contribution is 5.83. The van der Waals surface area contributed by atoms with E-state index in [0.29, 0.717) is 0 Å². The smallest absolute Gasteiger partial charge is 0.410 e. The van der Waals surface area contributed by atoms with Crippen LogP contribution in [0.4, 0.5) is 4.79 Å². The Balaban J connectivity index is 1.15. The number of H-pyrrole nitrogens is 1. The van der Waals surface area contributed by atoms with E-state index in [0.717, 1.165) is 45.8 Å². The standard InChI is InChI=1S/C24H26N4O2/c29-23-28-11-10-26(13-18-6-2-1-3-7-18)15-22(28)24(30-23)16-27(17-24)14-19-12-25-21-9-5-4-8-20(19)21/h1-9,12,22,25H,10-11,13-17H2. The lowest BCUT2D eigenvalue weighted by atomic mass is 9.84. The second-order valence-corrected chi connectivity index (χ2v) is 8.87. The van der Waals surface area contributed by atoms with Gasteiger partial charge in [0.2, 0.25) is 0 Å². The lowest BCUT2D eigenvalue weighted by molar-refractivity contribution is -0.107. The second kappa shape index (κ2) is 6.86. The van der Waals surface area contributed by atoms with E-state index in [4.69, 9.17) is 4.74 Å². The zero-order valence-corrected chi connectivity index (χ0v) is 17.0. The molecule has 1 atom stereocenters. The van der Waals surface area contributed by atoms with Crippen LogP contribution in [0.1, 0.15) is 11.1 Å². The maximum atomic E-state index is 12.5. The van der Waals surface area contributed by atoms with Gasteiger partial charge in [-0.05, 0) is 17.2 Å². The number of aromatic nitrogens is 1. The molecule has 3 aliphatic heterocycles. The fourth-order valence-corrected chi connectivity index (χ4v) is 5.40. The molecule has 6 nitrogen and oxygen atoms in total. The number of hydrogen-bond donors (Lipinski definition) is 1. The van der Waals surface area contributed by atoms with Gasteiger partial charge in [0.1, 0.15) is 0 Å². The van der Waals surface area contributed by atoms with E-state index in [1.165, 1.54) is 22.0 Å². The summed E-state index contributed by atoms with van der Waals surface area (Å²) in [7, 11) is 0. The van der Waals surface area contributed by atoms with E-state index in [2.05, 4.69) is 75.6 Å². The zero-order chi connectivity index (χ0) is 20.1. The highest BCUT2D eigenvalue weighted by atomic mass is 16.6. The molecule has 30 heavy (non-hydrogen) atoms. The number of nitrogens with zero attached hydrogens (tertiary/aromatic N) is 3. The first-order chi connectivity index (χ1) is 14.7. The van der Waals surface area contributed by atoms with Crippen molar-refractivity contribution in [2.45, 2.75) is 24.7 Å². The van der Waals surface area contributed by atoms with Crippen LogP contribution in [0.15, 0.2) is 60.8 Å². The van der Waals surface area contributed by atoms with Crippen LogP contribution in [0, 0.1) is 0 Å². The third-order valence-electron chi connectivity index (χ3n) is 6.90. The van der Waals surface area contributed by atoms with Gasteiger partial charge in [0.25, 0.3) is 0 Å². The molecule has 154 valence electrons. The molecule has 1 unspecified atom stereocenters. The minimum absolute atomic E-state index is 0.133. The number of hydrogen-bond acceptors (Lipinski definition) is 4. The van der Waals surface area contributed by atoms with E-state index >= 15 is 0 Å². The largest absolute Gasteiger partial charge is 0.438 e. The number of likely N-dealkylation sites (tertiary alicyclic amines) is 1. The lowest BCUT2D eigenvalue weighted by Gasteiger charge is -2.51. The van der Waals surface area contributed by atoms with Crippen molar-refractivity contribution in [2.24, 2.45) is 0 Å². The molecule has 3 aromatic rings. The SMILES string of the molecule is O=C1OC2(CN(Cc3c[nH]c4ccccc34)C2)C2CN(Cc3ccccc3)CCN12. The van der Waals surface area contributed by atoms with Crippen molar-refractivity contribution in [1.82, 2.24) is 19.7 Å². The second-order valence-electron chi connectivity index (χ2n) is 8.87. The Labute approximate surface area is 176 Å². The number of para-hydroxylation sites is 1. The molecule has 1 spiro atoms. The number of piperazine rings is 1. The summed E-state index contributed by atoms with van der Waals surface area (Å²) < 4.78 is 5.98. The fourth-order valence-electron chi connectivity index (χ4n) is 5.40. The summed E-state index contributed by atoms with van der Waals surface area (Å²) in [6.07, 6.45) is 1.97. The Morgan fingerprint density at radius 1 is 0.967 bits per heavy atom. The Morgan fingerprint density at radius 3 is 2.63 bits per heavy atom. The van der Waals surface area contributed by atoms with Gasteiger partial charge in [0.15, 0.2) is 5.60 Å². The number of nitrogens with one attached hydrogen (secondary N) is 1.